The second kappa shape index (κ2) is 8.31. The van der Waals surface area contributed by atoms with E-state index in [9.17, 15) is 0 Å². The first kappa shape index (κ1) is 19.6. The molecule has 2 aromatic carbocycles. The van der Waals surface area contributed by atoms with Crippen LogP contribution < -0.4 is 0 Å². The summed E-state index contributed by atoms with van der Waals surface area (Å²) in [6, 6.07) is 20.2. The highest BCUT2D eigenvalue weighted by atomic mass is 16.8. The summed E-state index contributed by atoms with van der Waals surface area (Å²) >= 11 is 0. The summed E-state index contributed by atoms with van der Waals surface area (Å²) in [5, 5.41) is 0. The lowest BCUT2D eigenvalue weighted by molar-refractivity contribution is -0.266. The summed E-state index contributed by atoms with van der Waals surface area (Å²) in [5.74, 6) is -0.711. The second-order valence-electron chi connectivity index (χ2n) is 7.83. The summed E-state index contributed by atoms with van der Waals surface area (Å²) in [7, 11) is 0. The molecule has 2 aliphatic heterocycles. The number of hydrogen-bond donors (Lipinski definition) is 0. The minimum absolute atomic E-state index is 0.178. The minimum atomic E-state index is -0.711. The van der Waals surface area contributed by atoms with E-state index >= 15 is 0 Å². The van der Waals surface area contributed by atoms with Gasteiger partial charge >= 0.3 is 0 Å². The fraction of sp³-hybridized carbons (Fsp3) is 0.478. The highest BCUT2D eigenvalue weighted by Crippen LogP contribution is 2.38. The van der Waals surface area contributed by atoms with Crippen LogP contribution in [-0.4, -0.2) is 36.5 Å². The van der Waals surface area contributed by atoms with E-state index in [-0.39, 0.29) is 24.4 Å². The molecule has 0 aliphatic carbocycles. The Morgan fingerprint density at radius 2 is 1.32 bits per heavy atom. The normalized spacial score (nSPS) is 31.5. The van der Waals surface area contributed by atoms with Crippen molar-refractivity contribution in [3.8, 4) is 0 Å². The summed E-state index contributed by atoms with van der Waals surface area (Å²) in [5.41, 5.74) is 2.22. The number of ether oxygens (including phenoxy) is 5. The van der Waals surface area contributed by atoms with E-state index < -0.39 is 12.1 Å². The molecule has 0 amide bonds. The number of hydrogen-bond acceptors (Lipinski definition) is 5. The molecule has 0 aromatic heterocycles. The number of rotatable bonds is 6. The highest BCUT2D eigenvalue weighted by molar-refractivity contribution is 5.14. The fourth-order valence-corrected chi connectivity index (χ4v) is 3.78. The van der Waals surface area contributed by atoms with Crippen LogP contribution in [0.15, 0.2) is 60.7 Å². The Morgan fingerprint density at radius 3 is 1.89 bits per heavy atom. The highest BCUT2D eigenvalue weighted by Gasteiger charge is 2.54. The smallest absolute Gasteiger partial charge is 0.190 e. The fourth-order valence-electron chi connectivity index (χ4n) is 3.78. The molecule has 2 unspecified atom stereocenters. The van der Waals surface area contributed by atoms with Crippen molar-refractivity contribution < 1.29 is 23.7 Å². The molecular weight excluding hydrogens is 356 g/mol. The molecule has 5 nitrogen and oxygen atoms in total. The first-order valence-electron chi connectivity index (χ1n) is 9.84. The molecule has 28 heavy (non-hydrogen) atoms. The van der Waals surface area contributed by atoms with E-state index in [2.05, 4.69) is 24.3 Å². The van der Waals surface area contributed by atoms with E-state index in [1.54, 1.807) is 0 Å². The number of fused-ring (bicyclic) bond motifs is 1. The maximum absolute atomic E-state index is 6.34. The maximum Gasteiger partial charge on any atom is 0.190 e. The molecule has 0 saturated carbocycles. The van der Waals surface area contributed by atoms with Crippen LogP contribution in [0.2, 0.25) is 0 Å². The van der Waals surface area contributed by atoms with Gasteiger partial charge in [0.1, 0.15) is 18.3 Å². The average Bonchev–Trinajstić information content (AvgIpc) is 3.00. The Balaban J connectivity index is 1.51. The Bertz CT molecular complexity index is 748. The number of benzene rings is 2. The van der Waals surface area contributed by atoms with Crippen LogP contribution in [0.3, 0.4) is 0 Å². The van der Waals surface area contributed by atoms with Crippen molar-refractivity contribution >= 4 is 0 Å². The van der Waals surface area contributed by atoms with Crippen LogP contribution in [0, 0.1) is 0 Å². The summed E-state index contributed by atoms with van der Waals surface area (Å²) in [6.07, 6.45) is -1.52. The predicted octanol–water partition coefficient (Wildman–Crippen LogP) is 4.05. The molecule has 0 spiro atoms. The molecule has 0 radical (unpaired) electrons. The quantitative estimate of drug-likeness (QED) is 0.752. The van der Waals surface area contributed by atoms with E-state index in [1.807, 2.05) is 57.2 Å². The Morgan fingerprint density at radius 1 is 0.786 bits per heavy atom. The van der Waals surface area contributed by atoms with Crippen LogP contribution in [-0.2, 0) is 36.9 Å². The third-order valence-electron chi connectivity index (χ3n) is 5.12. The Labute approximate surface area is 166 Å². The van der Waals surface area contributed by atoms with Gasteiger partial charge in [-0.15, -0.1) is 0 Å². The third-order valence-corrected chi connectivity index (χ3v) is 5.12. The van der Waals surface area contributed by atoms with Gasteiger partial charge in [-0.05, 0) is 31.9 Å². The van der Waals surface area contributed by atoms with Crippen LogP contribution in [0.1, 0.15) is 31.9 Å². The van der Waals surface area contributed by atoms with Gasteiger partial charge in [-0.1, -0.05) is 60.7 Å². The maximum atomic E-state index is 6.34. The lowest BCUT2D eigenvalue weighted by Crippen LogP contribution is -2.57. The summed E-state index contributed by atoms with van der Waals surface area (Å²) < 4.78 is 30.8. The molecule has 2 saturated heterocycles. The van der Waals surface area contributed by atoms with Crippen molar-refractivity contribution in [1.29, 1.82) is 0 Å². The van der Waals surface area contributed by atoms with E-state index in [0.717, 1.165) is 11.1 Å². The van der Waals surface area contributed by atoms with Gasteiger partial charge in [0.2, 0.25) is 0 Å². The van der Waals surface area contributed by atoms with E-state index in [4.69, 9.17) is 23.7 Å². The van der Waals surface area contributed by atoms with Crippen molar-refractivity contribution in [3.05, 3.63) is 71.8 Å². The third kappa shape index (κ3) is 4.45. The molecule has 0 N–H and O–H groups in total. The van der Waals surface area contributed by atoms with Crippen molar-refractivity contribution in [2.75, 3.05) is 0 Å². The van der Waals surface area contributed by atoms with Gasteiger partial charge in [0.05, 0.1) is 19.3 Å². The first-order valence-corrected chi connectivity index (χ1v) is 9.84. The lowest BCUT2D eigenvalue weighted by atomic mass is 9.99. The summed E-state index contributed by atoms with van der Waals surface area (Å²) in [4.78, 5) is 0. The molecule has 5 heteroatoms. The van der Waals surface area contributed by atoms with Gasteiger partial charge in [-0.25, -0.2) is 0 Å². The molecule has 2 aliphatic rings. The monoisotopic (exact) mass is 384 g/mol. The van der Waals surface area contributed by atoms with Gasteiger partial charge in [0, 0.05) is 0 Å². The van der Waals surface area contributed by atoms with Gasteiger partial charge in [0.25, 0.3) is 0 Å². The molecule has 0 bridgehead atoms. The van der Waals surface area contributed by atoms with Gasteiger partial charge in [-0.2, -0.15) is 0 Å². The largest absolute Gasteiger partial charge is 0.368 e. The first-order chi connectivity index (χ1) is 13.5. The van der Waals surface area contributed by atoms with Crippen LogP contribution in [0.25, 0.3) is 0 Å². The summed E-state index contributed by atoms with van der Waals surface area (Å²) in [6.45, 7) is 6.77. The minimum Gasteiger partial charge on any atom is -0.368 e. The van der Waals surface area contributed by atoms with Crippen LogP contribution >= 0.6 is 0 Å². The van der Waals surface area contributed by atoms with Gasteiger partial charge in [-0.3, -0.25) is 0 Å². The van der Waals surface area contributed by atoms with Crippen LogP contribution in [0.5, 0.6) is 0 Å². The second-order valence-corrected chi connectivity index (χ2v) is 7.83. The standard InChI is InChI=1S/C23H28O5/c1-16-19(24-14-17-10-6-4-7-11-17)20(25-15-18-12-8-5-9-13-18)21-22(26-16)28-23(2,3)27-21/h4-13,16,19-22H,14-15H2,1-3H3/t16?,19-,20?,21-,22+/m0/s1. The SMILES string of the molecule is CC1O[C@@H]2OC(C)(C)O[C@H]2C(OCc2ccccc2)[C@H]1OCc1ccccc1. The lowest BCUT2D eigenvalue weighted by Gasteiger charge is -2.41. The average molecular weight is 384 g/mol. The van der Waals surface area contributed by atoms with E-state index in [0.29, 0.717) is 13.2 Å². The van der Waals surface area contributed by atoms with E-state index in [1.165, 1.54) is 0 Å². The molecule has 4 rings (SSSR count). The zero-order chi connectivity index (χ0) is 19.6. The molecule has 150 valence electrons. The zero-order valence-corrected chi connectivity index (χ0v) is 16.6. The van der Waals surface area contributed by atoms with Crippen molar-refractivity contribution in [1.82, 2.24) is 0 Å². The molecule has 2 fully saturated rings. The molecule has 2 aromatic rings. The van der Waals surface area contributed by atoms with Gasteiger partial charge in [0.15, 0.2) is 12.1 Å². The topological polar surface area (TPSA) is 46.2 Å². The zero-order valence-electron chi connectivity index (χ0n) is 16.6. The van der Waals surface area contributed by atoms with Crippen molar-refractivity contribution in [2.45, 2.75) is 70.5 Å². The van der Waals surface area contributed by atoms with Crippen LogP contribution in [0.4, 0.5) is 0 Å². The van der Waals surface area contributed by atoms with Gasteiger partial charge < -0.3 is 23.7 Å². The molecule has 2 heterocycles. The predicted molar refractivity (Wildman–Crippen MR) is 104 cm³/mol. The van der Waals surface area contributed by atoms with Crippen molar-refractivity contribution in [3.63, 3.8) is 0 Å². The molecule has 5 atom stereocenters. The Hall–Kier alpha value is -1.76. The molecular formula is C23H28O5. The van der Waals surface area contributed by atoms with Crippen molar-refractivity contribution in [2.24, 2.45) is 0 Å². The Kier molecular flexibility index (Phi) is 5.80.